The number of aromatic nitrogens is 2. The Morgan fingerprint density at radius 2 is 1.59 bits per heavy atom. The van der Waals surface area contributed by atoms with E-state index in [0.717, 1.165) is 12.8 Å². The van der Waals surface area contributed by atoms with Gasteiger partial charge in [-0.1, -0.05) is 42.5 Å². The van der Waals surface area contributed by atoms with Gasteiger partial charge in [0.25, 0.3) is 0 Å². The van der Waals surface area contributed by atoms with E-state index < -0.39 is 0 Å². The first-order chi connectivity index (χ1) is 13.2. The van der Waals surface area contributed by atoms with Gasteiger partial charge in [-0.15, -0.1) is 0 Å². The summed E-state index contributed by atoms with van der Waals surface area (Å²) in [5, 5.41) is 2.70. The summed E-state index contributed by atoms with van der Waals surface area (Å²) < 4.78 is 4.83. The van der Waals surface area contributed by atoms with E-state index in [-0.39, 0.29) is 0 Å². The fourth-order valence-corrected chi connectivity index (χ4v) is 4.69. The van der Waals surface area contributed by atoms with Crippen LogP contribution >= 0.6 is 0 Å². The summed E-state index contributed by atoms with van der Waals surface area (Å²) in [6.07, 6.45) is 8.94. The second-order valence-corrected chi connectivity index (χ2v) is 7.44. The highest BCUT2D eigenvalue weighted by Crippen LogP contribution is 2.38. The highest BCUT2D eigenvalue weighted by molar-refractivity contribution is 5.98. The van der Waals surface area contributed by atoms with Crippen molar-refractivity contribution in [1.29, 1.82) is 0 Å². The lowest BCUT2D eigenvalue weighted by atomic mass is 9.99. The highest BCUT2D eigenvalue weighted by atomic mass is 15.0. The van der Waals surface area contributed by atoms with Crippen molar-refractivity contribution in [3.05, 3.63) is 77.1 Å². The molecule has 2 heteroatoms. The number of nitrogens with zero attached hydrogens (tertiary/aromatic N) is 2. The van der Waals surface area contributed by atoms with Gasteiger partial charge in [0.05, 0.1) is 5.52 Å². The molecular formula is C25H24N2. The molecule has 0 unspecified atom stereocenters. The topological polar surface area (TPSA) is 9.86 Å². The van der Waals surface area contributed by atoms with Crippen LogP contribution in [-0.4, -0.2) is 9.13 Å². The molecule has 1 aliphatic carbocycles. The monoisotopic (exact) mass is 352 g/mol. The first-order valence-corrected chi connectivity index (χ1v) is 9.70. The fourth-order valence-electron chi connectivity index (χ4n) is 4.69. The molecule has 27 heavy (non-hydrogen) atoms. The maximum absolute atomic E-state index is 2.47. The van der Waals surface area contributed by atoms with E-state index in [9.17, 15) is 0 Å². The number of fused-ring (bicyclic) bond motifs is 4. The van der Waals surface area contributed by atoms with Crippen LogP contribution in [0.15, 0.2) is 54.6 Å². The second-order valence-electron chi connectivity index (χ2n) is 7.44. The van der Waals surface area contributed by atoms with Gasteiger partial charge in [-0.2, -0.15) is 0 Å². The van der Waals surface area contributed by atoms with Crippen molar-refractivity contribution in [2.75, 3.05) is 0 Å². The van der Waals surface area contributed by atoms with Crippen molar-refractivity contribution >= 4 is 39.7 Å². The third-order valence-corrected chi connectivity index (χ3v) is 5.99. The molecule has 0 aliphatic heterocycles. The minimum atomic E-state index is 1.06. The molecule has 5 rings (SSSR count). The van der Waals surface area contributed by atoms with Gasteiger partial charge in [-0.05, 0) is 56.5 Å². The SMILES string of the molecule is C/C=C\c1c(C)c2ccccc2n1C1=Cc2c(n(C)c3ccccc23)CC1. The van der Waals surface area contributed by atoms with Gasteiger partial charge < -0.3 is 9.13 Å². The molecule has 2 aromatic carbocycles. The zero-order chi connectivity index (χ0) is 18.5. The van der Waals surface area contributed by atoms with Gasteiger partial charge in [-0.3, -0.25) is 0 Å². The second kappa shape index (κ2) is 6.02. The lowest BCUT2D eigenvalue weighted by Crippen LogP contribution is -2.08. The molecule has 0 fully saturated rings. The molecule has 0 saturated heterocycles. The number of aryl methyl sites for hydroxylation is 2. The fraction of sp³-hybridized carbons (Fsp3) is 0.200. The number of hydrogen-bond donors (Lipinski definition) is 0. The predicted molar refractivity (Wildman–Crippen MR) is 117 cm³/mol. The van der Waals surface area contributed by atoms with Gasteiger partial charge in [0.2, 0.25) is 0 Å². The predicted octanol–water partition coefficient (Wildman–Crippen LogP) is 6.42. The molecule has 0 spiro atoms. The average molecular weight is 352 g/mol. The standard InChI is InChI=1S/C25H24N2/c1-4-9-22-17(2)19-10-5-8-13-25(19)27(22)18-14-15-24-21(16-18)20-11-6-7-12-23(20)26(24)3/h4-13,16H,14-15H2,1-3H3/b9-4-. The molecular weight excluding hydrogens is 328 g/mol. The van der Waals surface area contributed by atoms with Crippen molar-refractivity contribution < 1.29 is 0 Å². The zero-order valence-corrected chi connectivity index (χ0v) is 16.2. The summed E-state index contributed by atoms with van der Waals surface area (Å²) in [5.41, 5.74) is 9.50. The minimum Gasteiger partial charge on any atom is -0.347 e. The number of hydrogen-bond acceptors (Lipinski definition) is 0. The van der Waals surface area contributed by atoms with Gasteiger partial charge in [0.15, 0.2) is 0 Å². The Morgan fingerprint density at radius 3 is 2.37 bits per heavy atom. The molecule has 0 bridgehead atoms. The van der Waals surface area contributed by atoms with Gasteiger partial charge in [0.1, 0.15) is 0 Å². The molecule has 1 aliphatic rings. The number of rotatable bonds is 2. The first-order valence-electron chi connectivity index (χ1n) is 9.70. The molecule has 2 aromatic heterocycles. The Balaban J connectivity index is 1.81. The summed E-state index contributed by atoms with van der Waals surface area (Å²) in [6, 6.07) is 17.5. The molecule has 2 nitrogen and oxygen atoms in total. The summed E-state index contributed by atoms with van der Waals surface area (Å²) >= 11 is 0. The third-order valence-electron chi connectivity index (χ3n) is 5.99. The summed E-state index contributed by atoms with van der Waals surface area (Å²) in [5.74, 6) is 0. The number of benzene rings is 2. The Kier molecular flexibility index (Phi) is 3.61. The molecule has 0 radical (unpaired) electrons. The van der Waals surface area contributed by atoms with Crippen LogP contribution < -0.4 is 0 Å². The number of allylic oxidation sites excluding steroid dienone is 2. The normalized spacial score (nSPS) is 14.3. The Bertz CT molecular complexity index is 1240. The van der Waals surface area contributed by atoms with Gasteiger partial charge >= 0.3 is 0 Å². The minimum absolute atomic E-state index is 1.06. The summed E-state index contributed by atoms with van der Waals surface area (Å²) in [6.45, 7) is 4.33. The molecule has 0 amide bonds. The van der Waals surface area contributed by atoms with Crippen molar-refractivity contribution in [1.82, 2.24) is 9.13 Å². The van der Waals surface area contributed by atoms with Crippen molar-refractivity contribution in [3.63, 3.8) is 0 Å². The maximum atomic E-state index is 2.47. The van der Waals surface area contributed by atoms with Crippen LogP contribution in [0.3, 0.4) is 0 Å². The largest absolute Gasteiger partial charge is 0.347 e. The van der Waals surface area contributed by atoms with Crippen molar-refractivity contribution in [3.8, 4) is 0 Å². The van der Waals surface area contributed by atoms with Crippen LogP contribution in [0.25, 0.3) is 39.7 Å². The lowest BCUT2D eigenvalue weighted by molar-refractivity contribution is 0.814. The molecule has 0 N–H and O–H groups in total. The Labute approximate surface area is 160 Å². The molecule has 2 heterocycles. The van der Waals surface area contributed by atoms with E-state index >= 15 is 0 Å². The molecule has 0 saturated carbocycles. The van der Waals surface area contributed by atoms with Crippen LogP contribution in [0.2, 0.25) is 0 Å². The Hall–Kier alpha value is -3.00. The number of para-hydroxylation sites is 2. The van der Waals surface area contributed by atoms with E-state index in [2.05, 4.69) is 96.8 Å². The van der Waals surface area contributed by atoms with Crippen molar-refractivity contribution in [2.45, 2.75) is 26.7 Å². The zero-order valence-electron chi connectivity index (χ0n) is 16.2. The van der Waals surface area contributed by atoms with E-state index in [0.29, 0.717) is 0 Å². The summed E-state index contributed by atoms with van der Waals surface area (Å²) in [4.78, 5) is 0. The highest BCUT2D eigenvalue weighted by Gasteiger charge is 2.22. The maximum Gasteiger partial charge on any atom is 0.0534 e. The smallest absolute Gasteiger partial charge is 0.0534 e. The van der Waals surface area contributed by atoms with E-state index in [1.165, 1.54) is 50.0 Å². The average Bonchev–Trinajstić information content (AvgIpc) is 3.15. The van der Waals surface area contributed by atoms with E-state index in [1.54, 1.807) is 0 Å². The summed E-state index contributed by atoms with van der Waals surface area (Å²) in [7, 11) is 2.19. The van der Waals surface area contributed by atoms with E-state index in [1.807, 2.05) is 0 Å². The van der Waals surface area contributed by atoms with Crippen LogP contribution in [-0.2, 0) is 13.5 Å². The van der Waals surface area contributed by atoms with Gasteiger partial charge in [-0.25, -0.2) is 0 Å². The lowest BCUT2D eigenvalue weighted by Gasteiger charge is -2.19. The Morgan fingerprint density at radius 1 is 0.889 bits per heavy atom. The first kappa shape index (κ1) is 16.2. The third kappa shape index (κ3) is 2.26. The van der Waals surface area contributed by atoms with Gasteiger partial charge in [0, 0.05) is 46.0 Å². The van der Waals surface area contributed by atoms with Crippen LogP contribution in [0.1, 0.15) is 35.9 Å². The van der Waals surface area contributed by atoms with Crippen LogP contribution in [0.5, 0.6) is 0 Å². The molecule has 4 aromatic rings. The van der Waals surface area contributed by atoms with E-state index in [4.69, 9.17) is 0 Å². The molecule has 0 atom stereocenters. The molecule has 134 valence electrons. The quantitative estimate of drug-likeness (QED) is 0.394. The van der Waals surface area contributed by atoms with Crippen LogP contribution in [0, 0.1) is 6.92 Å². The van der Waals surface area contributed by atoms with Crippen LogP contribution in [0.4, 0.5) is 0 Å². The van der Waals surface area contributed by atoms with Crippen molar-refractivity contribution in [2.24, 2.45) is 7.05 Å².